The van der Waals surface area contributed by atoms with E-state index < -0.39 is 0 Å². The summed E-state index contributed by atoms with van der Waals surface area (Å²) in [4.78, 5) is 2.56. The van der Waals surface area contributed by atoms with Gasteiger partial charge in [-0.2, -0.15) is 0 Å². The molecule has 1 aromatic carbocycles. The Bertz CT molecular complexity index is 405. The van der Waals surface area contributed by atoms with Gasteiger partial charge < -0.3 is 5.32 Å². The molecule has 1 N–H and O–H groups in total. The molecule has 1 aromatic rings. The second-order valence-corrected chi connectivity index (χ2v) is 5.90. The Balaban J connectivity index is 1.60. The van der Waals surface area contributed by atoms with Crippen molar-refractivity contribution in [2.45, 2.75) is 33.5 Å². The van der Waals surface area contributed by atoms with Crippen molar-refractivity contribution in [2.24, 2.45) is 11.8 Å². The Morgan fingerprint density at radius 1 is 1.24 bits per heavy atom. The molecule has 0 amide bonds. The molecule has 0 bridgehead atoms. The normalized spacial score (nSPS) is 20.6. The van der Waals surface area contributed by atoms with Crippen molar-refractivity contribution in [2.75, 3.05) is 13.1 Å². The fraction of sp³-hybridized carbons (Fsp3) is 0.600. The molecule has 0 atom stereocenters. The highest BCUT2D eigenvalue weighted by molar-refractivity contribution is 5.34. The minimum atomic E-state index is 0.843. The minimum Gasteiger partial charge on any atom is -0.309 e. The lowest BCUT2D eigenvalue weighted by atomic mass is 9.88. The van der Waals surface area contributed by atoms with Crippen molar-refractivity contribution in [1.82, 2.24) is 10.2 Å². The van der Waals surface area contributed by atoms with Crippen molar-refractivity contribution >= 4 is 0 Å². The molecule has 0 saturated carbocycles. The van der Waals surface area contributed by atoms with Crippen LogP contribution in [0.5, 0.6) is 0 Å². The minimum absolute atomic E-state index is 0.843. The molecule has 2 heteroatoms. The van der Waals surface area contributed by atoms with E-state index in [1.54, 1.807) is 0 Å². The van der Waals surface area contributed by atoms with Gasteiger partial charge in [-0.1, -0.05) is 32.0 Å². The summed E-state index contributed by atoms with van der Waals surface area (Å²) in [6, 6.07) is 6.98. The number of likely N-dealkylation sites (tertiary alicyclic amines) is 1. The van der Waals surface area contributed by atoms with Crippen LogP contribution in [-0.4, -0.2) is 18.0 Å². The summed E-state index contributed by atoms with van der Waals surface area (Å²) in [5.74, 6) is 1.77. The second-order valence-electron chi connectivity index (χ2n) is 5.90. The van der Waals surface area contributed by atoms with Crippen LogP contribution in [-0.2, 0) is 19.6 Å². The molecule has 2 aliphatic rings. The van der Waals surface area contributed by atoms with Crippen molar-refractivity contribution < 1.29 is 0 Å². The number of benzene rings is 1. The first-order chi connectivity index (χ1) is 8.22. The Morgan fingerprint density at radius 2 is 2.00 bits per heavy atom. The second kappa shape index (κ2) is 4.43. The largest absolute Gasteiger partial charge is 0.309 e. The van der Waals surface area contributed by atoms with Gasteiger partial charge >= 0.3 is 0 Å². The summed E-state index contributed by atoms with van der Waals surface area (Å²) in [6.07, 6.45) is 0. The fourth-order valence-corrected chi connectivity index (χ4v) is 2.87. The van der Waals surface area contributed by atoms with Gasteiger partial charge in [-0.05, 0) is 28.5 Å². The maximum absolute atomic E-state index is 3.40. The van der Waals surface area contributed by atoms with Crippen LogP contribution in [0.3, 0.4) is 0 Å². The van der Waals surface area contributed by atoms with Crippen LogP contribution >= 0.6 is 0 Å². The number of hydrogen-bond donors (Lipinski definition) is 1. The summed E-state index contributed by atoms with van der Waals surface area (Å²) in [5.41, 5.74) is 4.47. The van der Waals surface area contributed by atoms with Gasteiger partial charge in [0.15, 0.2) is 0 Å². The van der Waals surface area contributed by atoms with Crippen LogP contribution in [0, 0.1) is 11.8 Å². The van der Waals surface area contributed by atoms with Gasteiger partial charge in [-0.3, -0.25) is 4.90 Å². The zero-order chi connectivity index (χ0) is 11.8. The zero-order valence-corrected chi connectivity index (χ0v) is 10.9. The number of nitrogens with zero attached hydrogens (tertiary/aromatic N) is 1. The van der Waals surface area contributed by atoms with Crippen molar-refractivity contribution in [1.29, 1.82) is 0 Å². The predicted octanol–water partition coefficient (Wildman–Crippen LogP) is 2.38. The quantitative estimate of drug-likeness (QED) is 0.857. The maximum Gasteiger partial charge on any atom is 0.0234 e. The first kappa shape index (κ1) is 11.2. The molecule has 1 fully saturated rings. The topological polar surface area (TPSA) is 15.3 Å². The molecule has 92 valence electrons. The predicted molar refractivity (Wildman–Crippen MR) is 70.6 cm³/mol. The van der Waals surface area contributed by atoms with Gasteiger partial charge in [0.05, 0.1) is 0 Å². The lowest BCUT2D eigenvalue weighted by Gasteiger charge is -2.41. The molecular weight excluding hydrogens is 208 g/mol. The standard InChI is InChI=1S/C15H22N2/c1-11(2)15-9-17(10-15)8-12-3-4-13-6-16-7-14(13)5-12/h3-5,11,15-16H,6-10H2,1-2H3. The van der Waals surface area contributed by atoms with Crippen LogP contribution in [0.2, 0.25) is 0 Å². The summed E-state index contributed by atoms with van der Waals surface area (Å²) in [7, 11) is 0. The van der Waals surface area contributed by atoms with E-state index in [2.05, 4.69) is 42.3 Å². The first-order valence-corrected chi connectivity index (χ1v) is 6.76. The summed E-state index contributed by atoms with van der Waals surface area (Å²) < 4.78 is 0. The molecule has 1 saturated heterocycles. The highest BCUT2D eigenvalue weighted by atomic mass is 15.2. The third kappa shape index (κ3) is 2.24. The SMILES string of the molecule is CC(C)C1CN(Cc2ccc3c(c2)CNC3)C1. The van der Waals surface area contributed by atoms with E-state index in [0.717, 1.165) is 31.5 Å². The molecule has 0 spiro atoms. The van der Waals surface area contributed by atoms with Crippen LogP contribution in [0.1, 0.15) is 30.5 Å². The van der Waals surface area contributed by atoms with Gasteiger partial charge in [0.25, 0.3) is 0 Å². The highest BCUT2D eigenvalue weighted by Crippen LogP contribution is 2.26. The third-order valence-corrected chi connectivity index (χ3v) is 4.24. The number of nitrogens with one attached hydrogen (secondary N) is 1. The van der Waals surface area contributed by atoms with E-state index in [9.17, 15) is 0 Å². The molecular formula is C15H22N2. The molecule has 2 nitrogen and oxygen atoms in total. The molecule has 2 aliphatic heterocycles. The van der Waals surface area contributed by atoms with E-state index in [-0.39, 0.29) is 0 Å². The summed E-state index contributed by atoms with van der Waals surface area (Å²) in [5, 5.41) is 3.40. The number of rotatable bonds is 3. The highest BCUT2D eigenvalue weighted by Gasteiger charge is 2.28. The smallest absolute Gasteiger partial charge is 0.0234 e. The molecule has 3 rings (SSSR count). The van der Waals surface area contributed by atoms with E-state index >= 15 is 0 Å². The first-order valence-electron chi connectivity index (χ1n) is 6.76. The van der Waals surface area contributed by atoms with Crippen LogP contribution in [0.4, 0.5) is 0 Å². The molecule has 0 radical (unpaired) electrons. The molecule has 2 heterocycles. The van der Waals surface area contributed by atoms with Crippen LogP contribution < -0.4 is 5.32 Å². The third-order valence-electron chi connectivity index (χ3n) is 4.24. The average Bonchev–Trinajstić information content (AvgIpc) is 2.69. The van der Waals surface area contributed by atoms with Crippen LogP contribution in [0.15, 0.2) is 18.2 Å². The monoisotopic (exact) mass is 230 g/mol. The zero-order valence-electron chi connectivity index (χ0n) is 10.9. The van der Waals surface area contributed by atoms with E-state index in [0.29, 0.717) is 0 Å². The molecule has 17 heavy (non-hydrogen) atoms. The van der Waals surface area contributed by atoms with E-state index in [4.69, 9.17) is 0 Å². The fourth-order valence-electron chi connectivity index (χ4n) is 2.87. The molecule has 0 aromatic heterocycles. The van der Waals surface area contributed by atoms with Crippen molar-refractivity contribution in [3.63, 3.8) is 0 Å². The van der Waals surface area contributed by atoms with Crippen LogP contribution in [0.25, 0.3) is 0 Å². The van der Waals surface area contributed by atoms with Gasteiger partial charge in [-0.25, -0.2) is 0 Å². The lowest BCUT2D eigenvalue weighted by molar-refractivity contribution is 0.0614. The van der Waals surface area contributed by atoms with Gasteiger partial charge in [0.1, 0.15) is 0 Å². The molecule has 0 unspecified atom stereocenters. The molecule has 0 aliphatic carbocycles. The van der Waals surface area contributed by atoms with Gasteiger partial charge in [0.2, 0.25) is 0 Å². The lowest BCUT2D eigenvalue weighted by Crippen LogP contribution is -2.48. The Morgan fingerprint density at radius 3 is 2.76 bits per heavy atom. The average molecular weight is 230 g/mol. The Hall–Kier alpha value is -0.860. The van der Waals surface area contributed by atoms with Gasteiger partial charge in [-0.15, -0.1) is 0 Å². The number of hydrogen-bond acceptors (Lipinski definition) is 2. The Kier molecular flexibility index (Phi) is 2.93. The van der Waals surface area contributed by atoms with Crippen molar-refractivity contribution in [3.8, 4) is 0 Å². The maximum atomic E-state index is 3.40. The number of fused-ring (bicyclic) bond motifs is 1. The Labute approximate surface area is 104 Å². The van der Waals surface area contributed by atoms with Crippen molar-refractivity contribution in [3.05, 3.63) is 34.9 Å². The van der Waals surface area contributed by atoms with Gasteiger partial charge in [0, 0.05) is 32.7 Å². The summed E-state index contributed by atoms with van der Waals surface area (Å²) in [6.45, 7) is 10.5. The summed E-state index contributed by atoms with van der Waals surface area (Å²) >= 11 is 0. The van der Waals surface area contributed by atoms with E-state index in [1.807, 2.05) is 0 Å². The van der Waals surface area contributed by atoms with E-state index in [1.165, 1.54) is 29.8 Å².